The van der Waals surface area contributed by atoms with Gasteiger partial charge in [0.25, 0.3) is 0 Å². The molecule has 126 valence electrons. The number of esters is 1. The van der Waals surface area contributed by atoms with Crippen LogP contribution < -0.4 is 0 Å². The molecule has 2 heterocycles. The van der Waals surface area contributed by atoms with Crippen LogP contribution in [0.25, 0.3) is 15.8 Å². The minimum atomic E-state index is -0.325. The zero-order chi connectivity index (χ0) is 17.2. The van der Waals surface area contributed by atoms with E-state index in [9.17, 15) is 4.79 Å². The lowest BCUT2D eigenvalue weighted by Gasteiger charge is -2.09. The molecule has 1 aromatic heterocycles. The number of thioether (sulfide) groups is 1. The normalized spacial score (nSPS) is 14.2. The maximum atomic E-state index is 12.1. The summed E-state index contributed by atoms with van der Waals surface area (Å²) in [6.07, 6.45) is 0. The molecule has 0 atom stereocenters. The van der Waals surface area contributed by atoms with Gasteiger partial charge in [-0.2, -0.15) is 0 Å². The fraction of sp³-hybridized carbons (Fsp3) is 0.158. The second-order valence-corrected chi connectivity index (χ2v) is 7.72. The standard InChI is InChI=1S/C19H15NO3S2/c1-22-15-10-23-18(21)17(15)13-7-3-2-6-12(13)11-24-19-20-14-8-4-5-9-16(14)25-19/h2-9H,10-11H2,1H3. The van der Waals surface area contributed by atoms with Crippen LogP contribution in [0.15, 0.2) is 58.6 Å². The zero-order valence-corrected chi connectivity index (χ0v) is 15.2. The lowest BCUT2D eigenvalue weighted by Crippen LogP contribution is -2.01. The van der Waals surface area contributed by atoms with Gasteiger partial charge in [-0.15, -0.1) is 11.3 Å². The molecule has 0 fully saturated rings. The summed E-state index contributed by atoms with van der Waals surface area (Å²) in [7, 11) is 1.57. The Morgan fingerprint density at radius 2 is 2.00 bits per heavy atom. The third-order valence-electron chi connectivity index (χ3n) is 3.98. The fourth-order valence-electron chi connectivity index (χ4n) is 2.75. The number of thiazole rings is 1. The number of aromatic nitrogens is 1. The average Bonchev–Trinajstić information content (AvgIpc) is 3.22. The molecular weight excluding hydrogens is 354 g/mol. The molecule has 0 saturated heterocycles. The van der Waals surface area contributed by atoms with Gasteiger partial charge in [-0.3, -0.25) is 0 Å². The summed E-state index contributed by atoms with van der Waals surface area (Å²) >= 11 is 3.36. The molecule has 0 aliphatic carbocycles. The summed E-state index contributed by atoms with van der Waals surface area (Å²) in [5.41, 5.74) is 3.49. The number of hydrogen-bond donors (Lipinski definition) is 0. The van der Waals surface area contributed by atoms with Crippen LogP contribution in [0.2, 0.25) is 0 Å². The summed E-state index contributed by atoms with van der Waals surface area (Å²) < 4.78 is 12.7. The van der Waals surface area contributed by atoms with Crippen molar-refractivity contribution in [3.8, 4) is 0 Å². The van der Waals surface area contributed by atoms with Crippen molar-refractivity contribution in [2.75, 3.05) is 13.7 Å². The minimum absolute atomic E-state index is 0.198. The number of ether oxygens (including phenoxy) is 2. The van der Waals surface area contributed by atoms with Crippen LogP contribution in [-0.2, 0) is 20.0 Å². The Balaban J connectivity index is 1.62. The number of rotatable bonds is 5. The molecule has 25 heavy (non-hydrogen) atoms. The molecule has 4 nitrogen and oxygen atoms in total. The first-order chi connectivity index (χ1) is 12.3. The van der Waals surface area contributed by atoms with Gasteiger partial charge in [0.15, 0.2) is 4.34 Å². The zero-order valence-electron chi connectivity index (χ0n) is 13.5. The molecule has 0 N–H and O–H groups in total. The number of fused-ring (bicyclic) bond motifs is 1. The highest BCUT2D eigenvalue weighted by atomic mass is 32.2. The largest absolute Gasteiger partial charge is 0.497 e. The van der Waals surface area contributed by atoms with Crippen molar-refractivity contribution in [2.24, 2.45) is 0 Å². The van der Waals surface area contributed by atoms with Crippen LogP contribution >= 0.6 is 23.1 Å². The van der Waals surface area contributed by atoms with Gasteiger partial charge in [0.2, 0.25) is 0 Å². The number of hydrogen-bond acceptors (Lipinski definition) is 6. The first-order valence-corrected chi connectivity index (χ1v) is 9.57. The van der Waals surface area contributed by atoms with Crippen molar-refractivity contribution < 1.29 is 14.3 Å². The molecule has 0 unspecified atom stereocenters. The number of nitrogens with zero attached hydrogens (tertiary/aromatic N) is 1. The van der Waals surface area contributed by atoms with E-state index in [1.807, 2.05) is 42.5 Å². The Bertz CT molecular complexity index is 944. The van der Waals surface area contributed by atoms with E-state index in [0.717, 1.165) is 26.7 Å². The van der Waals surface area contributed by atoms with Gasteiger partial charge in [0, 0.05) is 5.75 Å². The first kappa shape index (κ1) is 16.2. The molecule has 4 rings (SSSR count). The molecule has 0 radical (unpaired) electrons. The van der Waals surface area contributed by atoms with Crippen molar-refractivity contribution in [3.63, 3.8) is 0 Å². The van der Waals surface area contributed by atoms with E-state index in [-0.39, 0.29) is 12.6 Å². The molecule has 0 spiro atoms. The summed E-state index contributed by atoms with van der Waals surface area (Å²) in [5, 5.41) is 0. The molecule has 6 heteroatoms. The van der Waals surface area contributed by atoms with Crippen LogP contribution in [0.1, 0.15) is 11.1 Å². The predicted octanol–water partition coefficient (Wildman–Crippen LogP) is 4.50. The first-order valence-electron chi connectivity index (χ1n) is 7.77. The summed E-state index contributed by atoms with van der Waals surface area (Å²) in [6.45, 7) is 0.198. The quantitative estimate of drug-likeness (QED) is 0.489. The number of methoxy groups -OCH3 is 1. The third kappa shape index (κ3) is 3.15. The third-order valence-corrected chi connectivity index (χ3v) is 6.20. The summed E-state index contributed by atoms with van der Waals surface area (Å²) in [6, 6.07) is 16.0. The maximum absolute atomic E-state index is 12.1. The van der Waals surface area contributed by atoms with Crippen molar-refractivity contribution in [1.82, 2.24) is 4.98 Å². The average molecular weight is 369 g/mol. The number of carbonyl (C=O) groups excluding carboxylic acids is 1. The molecule has 0 bridgehead atoms. The minimum Gasteiger partial charge on any atom is -0.497 e. The van der Waals surface area contributed by atoms with Gasteiger partial charge in [-0.05, 0) is 23.3 Å². The molecule has 1 aliphatic heterocycles. The second-order valence-electron chi connectivity index (χ2n) is 5.47. The monoisotopic (exact) mass is 369 g/mol. The van der Waals surface area contributed by atoms with E-state index in [4.69, 9.17) is 9.47 Å². The summed E-state index contributed by atoms with van der Waals surface area (Å²) in [5.74, 6) is 0.987. The Morgan fingerprint density at radius 1 is 1.20 bits per heavy atom. The number of cyclic esters (lactones) is 1. The molecule has 3 aromatic rings. The van der Waals surface area contributed by atoms with E-state index < -0.39 is 0 Å². The van der Waals surface area contributed by atoms with E-state index in [1.54, 1.807) is 30.2 Å². The lowest BCUT2D eigenvalue weighted by molar-refractivity contribution is -0.134. The fourth-order valence-corrected chi connectivity index (χ4v) is 4.83. The number of carbonyl (C=O) groups is 1. The Morgan fingerprint density at radius 3 is 2.84 bits per heavy atom. The number of benzene rings is 2. The van der Waals surface area contributed by atoms with Gasteiger partial charge in [0.1, 0.15) is 17.9 Å². The molecule has 0 amide bonds. The predicted molar refractivity (Wildman–Crippen MR) is 101 cm³/mol. The number of para-hydroxylation sites is 1. The Kier molecular flexibility index (Phi) is 4.46. The van der Waals surface area contributed by atoms with E-state index in [1.165, 1.54) is 4.70 Å². The highest BCUT2D eigenvalue weighted by Crippen LogP contribution is 2.35. The van der Waals surface area contributed by atoms with Gasteiger partial charge < -0.3 is 9.47 Å². The van der Waals surface area contributed by atoms with Crippen LogP contribution in [0.4, 0.5) is 0 Å². The molecule has 1 aliphatic rings. The molecule has 2 aromatic carbocycles. The SMILES string of the molecule is COC1=C(c2ccccc2CSc2nc3ccccc3s2)C(=O)OC1. The van der Waals surface area contributed by atoms with Crippen molar-refractivity contribution in [1.29, 1.82) is 0 Å². The van der Waals surface area contributed by atoms with Crippen LogP contribution in [-0.4, -0.2) is 24.7 Å². The molecule has 0 saturated carbocycles. The smallest absolute Gasteiger partial charge is 0.342 e. The van der Waals surface area contributed by atoms with Crippen LogP contribution in [0.3, 0.4) is 0 Å². The van der Waals surface area contributed by atoms with Crippen molar-refractivity contribution >= 4 is 44.9 Å². The maximum Gasteiger partial charge on any atom is 0.342 e. The second kappa shape index (κ2) is 6.90. The van der Waals surface area contributed by atoms with Crippen molar-refractivity contribution in [2.45, 2.75) is 10.1 Å². The van der Waals surface area contributed by atoms with Gasteiger partial charge in [-0.1, -0.05) is 48.2 Å². The molecular formula is C19H15NO3S2. The van der Waals surface area contributed by atoms with Crippen LogP contribution in [0, 0.1) is 0 Å². The Hall–Kier alpha value is -2.31. The van der Waals surface area contributed by atoms with E-state index >= 15 is 0 Å². The van der Waals surface area contributed by atoms with Crippen molar-refractivity contribution in [3.05, 3.63) is 65.4 Å². The van der Waals surface area contributed by atoms with Gasteiger partial charge >= 0.3 is 5.97 Å². The van der Waals surface area contributed by atoms with E-state index in [0.29, 0.717) is 11.3 Å². The van der Waals surface area contributed by atoms with Gasteiger partial charge in [-0.25, -0.2) is 9.78 Å². The Labute approximate surface area is 153 Å². The lowest BCUT2D eigenvalue weighted by atomic mass is 10.0. The van der Waals surface area contributed by atoms with E-state index in [2.05, 4.69) is 11.1 Å². The summed E-state index contributed by atoms with van der Waals surface area (Å²) in [4.78, 5) is 16.8. The van der Waals surface area contributed by atoms with Gasteiger partial charge in [0.05, 0.1) is 17.3 Å². The highest BCUT2D eigenvalue weighted by Gasteiger charge is 2.28. The topological polar surface area (TPSA) is 48.4 Å². The highest BCUT2D eigenvalue weighted by molar-refractivity contribution is 8.00. The van der Waals surface area contributed by atoms with Crippen LogP contribution in [0.5, 0.6) is 0 Å².